The van der Waals surface area contributed by atoms with Gasteiger partial charge in [-0.3, -0.25) is 0 Å². The number of unbranched alkanes of at least 4 members (excludes halogenated alkanes) is 1. The molecule has 0 N–H and O–H groups in total. The molecule has 0 aliphatic carbocycles. The van der Waals surface area contributed by atoms with Crippen molar-refractivity contribution in [2.24, 2.45) is 0 Å². The van der Waals surface area contributed by atoms with Crippen molar-refractivity contribution in [2.45, 2.75) is 38.4 Å². The fourth-order valence-corrected chi connectivity index (χ4v) is 2.60. The molecule has 4 heteroatoms. The SMILES string of the molecule is CC(C)(C)S(=O)(=O)CCCCOc1ccccc1. The first-order valence-electron chi connectivity index (χ1n) is 6.23. The van der Waals surface area contributed by atoms with Crippen LogP contribution in [0.3, 0.4) is 0 Å². The lowest BCUT2D eigenvalue weighted by molar-refractivity contribution is 0.309. The van der Waals surface area contributed by atoms with E-state index < -0.39 is 14.6 Å². The minimum Gasteiger partial charge on any atom is -0.494 e. The molecule has 0 bridgehead atoms. The minimum atomic E-state index is -3.00. The molecule has 0 saturated heterocycles. The summed E-state index contributed by atoms with van der Waals surface area (Å²) in [5.74, 6) is 1.06. The lowest BCUT2D eigenvalue weighted by Gasteiger charge is -2.18. The quantitative estimate of drug-likeness (QED) is 0.746. The largest absolute Gasteiger partial charge is 0.494 e. The van der Waals surface area contributed by atoms with E-state index in [1.807, 2.05) is 30.3 Å². The number of ether oxygens (including phenoxy) is 1. The van der Waals surface area contributed by atoms with Gasteiger partial charge in [-0.15, -0.1) is 0 Å². The fraction of sp³-hybridized carbons (Fsp3) is 0.571. The molecule has 0 amide bonds. The lowest BCUT2D eigenvalue weighted by atomic mass is 10.3. The fourth-order valence-electron chi connectivity index (χ4n) is 1.41. The smallest absolute Gasteiger partial charge is 0.155 e. The molecule has 0 spiro atoms. The Kier molecular flexibility index (Phi) is 5.20. The van der Waals surface area contributed by atoms with Gasteiger partial charge in [0.15, 0.2) is 9.84 Å². The molecule has 0 saturated carbocycles. The normalized spacial score (nSPS) is 12.4. The molecule has 0 aliphatic rings. The molecule has 0 aliphatic heterocycles. The third-order valence-electron chi connectivity index (χ3n) is 2.75. The van der Waals surface area contributed by atoms with Gasteiger partial charge in [0.2, 0.25) is 0 Å². The van der Waals surface area contributed by atoms with Crippen LogP contribution in [0.2, 0.25) is 0 Å². The Labute approximate surface area is 110 Å². The molecule has 0 radical (unpaired) electrons. The van der Waals surface area contributed by atoms with Crippen molar-refractivity contribution in [3.63, 3.8) is 0 Å². The maximum atomic E-state index is 11.8. The summed E-state index contributed by atoms with van der Waals surface area (Å²) in [6.07, 6.45) is 1.40. The number of hydrogen-bond acceptors (Lipinski definition) is 3. The molecule has 0 unspecified atom stereocenters. The molecule has 1 rings (SSSR count). The summed E-state index contributed by atoms with van der Waals surface area (Å²) in [4.78, 5) is 0. The summed E-state index contributed by atoms with van der Waals surface area (Å²) in [5.41, 5.74) is 0. The molecule has 1 aromatic carbocycles. The van der Waals surface area contributed by atoms with Gasteiger partial charge in [-0.1, -0.05) is 18.2 Å². The van der Waals surface area contributed by atoms with E-state index in [1.54, 1.807) is 20.8 Å². The predicted molar refractivity (Wildman–Crippen MR) is 74.7 cm³/mol. The highest BCUT2D eigenvalue weighted by molar-refractivity contribution is 7.92. The highest BCUT2D eigenvalue weighted by Gasteiger charge is 2.27. The molecular formula is C14H22O3S. The van der Waals surface area contributed by atoms with Crippen LogP contribution in [0, 0.1) is 0 Å². The highest BCUT2D eigenvalue weighted by atomic mass is 32.2. The zero-order chi connectivity index (χ0) is 13.6. The Hall–Kier alpha value is -1.03. The van der Waals surface area contributed by atoms with Gasteiger partial charge in [0.25, 0.3) is 0 Å². The Balaban J connectivity index is 2.24. The molecule has 0 fully saturated rings. The average Bonchev–Trinajstić information content (AvgIpc) is 2.28. The van der Waals surface area contributed by atoms with Gasteiger partial charge in [-0.25, -0.2) is 8.42 Å². The van der Waals surface area contributed by atoms with Crippen LogP contribution in [-0.2, 0) is 9.84 Å². The number of hydrogen-bond donors (Lipinski definition) is 0. The highest BCUT2D eigenvalue weighted by Crippen LogP contribution is 2.17. The van der Waals surface area contributed by atoms with Crippen LogP contribution < -0.4 is 4.74 Å². The molecule has 18 heavy (non-hydrogen) atoms. The summed E-state index contributed by atoms with van der Waals surface area (Å²) >= 11 is 0. The van der Waals surface area contributed by atoms with Crippen molar-refractivity contribution in [2.75, 3.05) is 12.4 Å². The van der Waals surface area contributed by atoms with Crippen molar-refractivity contribution in [1.29, 1.82) is 0 Å². The predicted octanol–water partition coefficient (Wildman–Crippen LogP) is 3.06. The lowest BCUT2D eigenvalue weighted by Crippen LogP contribution is -2.30. The van der Waals surface area contributed by atoms with Crippen molar-refractivity contribution in [1.82, 2.24) is 0 Å². The molecule has 0 heterocycles. The van der Waals surface area contributed by atoms with Crippen LogP contribution >= 0.6 is 0 Å². The second kappa shape index (κ2) is 6.23. The Morgan fingerprint density at radius 1 is 1.06 bits per heavy atom. The van der Waals surface area contributed by atoms with Gasteiger partial charge in [0, 0.05) is 0 Å². The first-order chi connectivity index (χ1) is 8.33. The van der Waals surface area contributed by atoms with Crippen molar-refractivity contribution < 1.29 is 13.2 Å². The van der Waals surface area contributed by atoms with Crippen LogP contribution in [0.15, 0.2) is 30.3 Å². The zero-order valence-corrected chi connectivity index (χ0v) is 12.2. The first-order valence-corrected chi connectivity index (χ1v) is 7.88. The van der Waals surface area contributed by atoms with Crippen LogP contribution in [-0.4, -0.2) is 25.5 Å². The number of benzene rings is 1. The third kappa shape index (κ3) is 4.69. The maximum Gasteiger partial charge on any atom is 0.155 e. The van der Waals surface area contributed by atoms with E-state index in [1.165, 1.54) is 0 Å². The topological polar surface area (TPSA) is 43.4 Å². The van der Waals surface area contributed by atoms with Crippen LogP contribution in [0.25, 0.3) is 0 Å². The van der Waals surface area contributed by atoms with E-state index in [9.17, 15) is 8.42 Å². The van der Waals surface area contributed by atoms with Crippen molar-refractivity contribution in [3.8, 4) is 5.75 Å². The molecular weight excluding hydrogens is 248 g/mol. The molecule has 3 nitrogen and oxygen atoms in total. The maximum absolute atomic E-state index is 11.8. The van der Waals surface area contributed by atoms with E-state index in [-0.39, 0.29) is 5.75 Å². The standard InChI is InChI=1S/C14H22O3S/c1-14(2,3)18(15,16)12-8-7-11-17-13-9-5-4-6-10-13/h4-6,9-10H,7-8,11-12H2,1-3H3. The summed E-state index contributed by atoms with van der Waals surface area (Å²) in [5, 5.41) is 0. The second-order valence-corrected chi connectivity index (χ2v) is 8.16. The Bertz CT molecular complexity index is 444. The van der Waals surface area contributed by atoms with E-state index in [0.717, 1.165) is 12.2 Å². The van der Waals surface area contributed by atoms with Crippen LogP contribution in [0.1, 0.15) is 33.6 Å². The van der Waals surface area contributed by atoms with E-state index in [2.05, 4.69) is 0 Å². The monoisotopic (exact) mass is 270 g/mol. The molecule has 0 aromatic heterocycles. The summed E-state index contributed by atoms with van der Waals surface area (Å²) < 4.78 is 28.5. The van der Waals surface area contributed by atoms with E-state index in [4.69, 9.17) is 4.74 Å². The second-order valence-electron chi connectivity index (χ2n) is 5.30. The van der Waals surface area contributed by atoms with Crippen LogP contribution in [0.4, 0.5) is 0 Å². The van der Waals surface area contributed by atoms with Crippen LogP contribution in [0.5, 0.6) is 5.75 Å². The molecule has 0 atom stereocenters. The summed E-state index contributed by atoms with van der Waals surface area (Å²) in [6, 6.07) is 9.55. The van der Waals surface area contributed by atoms with Gasteiger partial charge >= 0.3 is 0 Å². The number of sulfone groups is 1. The van der Waals surface area contributed by atoms with Gasteiger partial charge < -0.3 is 4.74 Å². The Morgan fingerprint density at radius 3 is 2.22 bits per heavy atom. The molecule has 1 aromatic rings. The molecule has 102 valence electrons. The minimum absolute atomic E-state index is 0.231. The summed E-state index contributed by atoms with van der Waals surface area (Å²) in [6.45, 7) is 5.78. The van der Waals surface area contributed by atoms with E-state index in [0.29, 0.717) is 13.0 Å². The first kappa shape index (κ1) is 15.0. The summed E-state index contributed by atoms with van der Waals surface area (Å²) in [7, 11) is -3.00. The van der Waals surface area contributed by atoms with Gasteiger partial charge in [-0.2, -0.15) is 0 Å². The number of para-hydroxylation sites is 1. The van der Waals surface area contributed by atoms with E-state index >= 15 is 0 Å². The average molecular weight is 270 g/mol. The van der Waals surface area contributed by atoms with Gasteiger partial charge in [0.1, 0.15) is 5.75 Å². The third-order valence-corrected chi connectivity index (χ3v) is 5.44. The number of rotatable bonds is 6. The zero-order valence-electron chi connectivity index (χ0n) is 11.3. The van der Waals surface area contributed by atoms with Gasteiger partial charge in [0.05, 0.1) is 17.1 Å². The van der Waals surface area contributed by atoms with Crippen molar-refractivity contribution >= 4 is 9.84 Å². The van der Waals surface area contributed by atoms with Crippen molar-refractivity contribution in [3.05, 3.63) is 30.3 Å². The Morgan fingerprint density at radius 2 is 1.67 bits per heavy atom. The van der Waals surface area contributed by atoms with Gasteiger partial charge in [-0.05, 0) is 45.7 Å².